The van der Waals surface area contributed by atoms with Gasteiger partial charge in [-0.15, -0.1) is 0 Å². The lowest BCUT2D eigenvalue weighted by atomic mass is 9.89. The molecule has 0 saturated carbocycles. The molecule has 2 N–H and O–H groups in total. The summed E-state index contributed by atoms with van der Waals surface area (Å²) in [6.45, 7) is 3.81. The molecule has 20 heavy (non-hydrogen) atoms. The van der Waals surface area contributed by atoms with Gasteiger partial charge in [0.1, 0.15) is 6.04 Å². The SMILES string of the molecule is CCC1CCN(C(=O)NCC2CCCO2)C(C(=O)O)C1. The summed E-state index contributed by atoms with van der Waals surface area (Å²) in [4.78, 5) is 25.0. The monoisotopic (exact) mass is 284 g/mol. The maximum Gasteiger partial charge on any atom is 0.326 e. The second-order valence-electron chi connectivity index (χ2n) is 5.67. The number of nitrogens with one attached hydrogen (secondary N) is 1. The summed E-state index contributed by atoms with van der Waals surface area (Å²) >= 11 is 0. The summed E-state index contributed by atoms with van der Waals surface area (Å²) < 4.78 is 5.45. The molecule has 2 heterocycles. The Morgan fingerprint density at radius 2 is 2.20 bits per heavy atom. The number of amides is 2. The van der Waals surface area contributed by atoms with Crippen LogP contribution in [0, 0.1) is 5.92 Å². The van der Waals surface area contributed by atoms with Crippen LogP contribution in [0.1, 0.15) is 39.0 Å². The predicted molar refractivity (Wildman–Crippen MR) is 73.5 cm³/mol. The van der Waals surface area contributed by atoms with Crippen molar-refractivity contribution in [3.8, 4) is 0 Å². The van der Waals surface area contributed by atoms with Crippen LogP contribution in [0.25, 0.3) is 0 Å². The lowest BCUT2D eigenvalue weighted by Gasteiger charge is -2.37. The number of carbonyl (C=O) groups excluding carboxylic acids is 1. The Hall–Kier alpha value is -1.30. The van der Waals surface area contributed by atoms with E-state index in [0.717, 1.165) is 32.3 Å². The summed E-state index contributed by atoms with van der Waals surface area (Å²) in [5.74, 6) is -0.506. The number of piperidine rings is 1. The maximum absolute atomic E-state index is 12.2. The van der Waals surface area contributed by atoms with Gasteiger partial charge in [-0.2, -0.15) is 0 Å². The van der Waals surface area contributed by atoms with E-state index in [4.69, 9.17) is 4.74 Å². The van der Waals surface area contributed by atoms with Gasteiger partial charge < -0.3 is 20.1 Å². The van der Waals surface area contributed by atoms with Gasteiger partial charge in [-0.3, -0.25) is 0 Å². The van der Waals surface area contributed by atoms with Gasteiger partial charge in [-0.05, 0) is 31.6 Å². The highest BCUT2D eigenvalue weighted by Gasteiger charge is 2.35. The summed E-state index contributed by atoms with van der Waals surface area (Å²) in [6.07, 6.45) is 4.47. The first-order valence-electron chi connectivity index (χ1n) is 7.50. The molecule has 6 heteroatoms. The number of carboxylic acids is 1. The second kappa shape index (κ2) is 6.92. The van der Waals surface area contributed by atoms with Crippen molar-refractivity contribution in [3.05, 3.63) is 0 Å². The minimum Gasteiger partial charge on any atom is -0.480 e. The molecule has 3 unspecified atom stereocenters. The van der Waals surface area contributed by atoms with E-state index < -0.39 is 12.0 Å². The van der Waals surface area contributed by atoms with Gasteiger partial charge in [0, 0.05) is 19.7 Å². The van der Waals surface area contributed by atoms with Crippen molar-refractivity contribution < 1.29 is 19.4 Å². The molecule has 6 nitrogen and oxygen atoms in total. The Balaban J connectivity index is 1.87. The fourth-order valence-electron chi connectivity index (χ4n) is 2.99. The number of hydrogen-bond donors (Lipinski definition) is 2. The van der Waals surface area contributed by atoms with E-state index in [1.165, 1.54) is 4.90 Å². The number of hydrogen-bond acceptors (Lipinski definition) is 3. The van der Waals surface area contributed by atoms with Gasteiger partial charge in [-0.25, -0.2) is 9.59 Å². The van der Waals surface area contributed by atoms with E-state index in [2.05, 4.69) is 12.2 Å². The molecule has 0 radical (unpaired) electrons. The van der Waals surface area contributed by atoms with E-state index in [1.54, 1.807) is 0 Å². The van der Waals surface area contributed by atoms with Crippen LogP contribution in [-0.2, 0) is 9.53 Å². The van der Waals surface area contributed by atoms with Crippen LogP contribution in [0.3, 0.4) is 0 Å². The number of carbonyl (C=O) groups is 2. The van der Waals surface area contributed by atoms with Gasteiger partial charge >= 0.3 is 12.0 Å². The van der Waals surface area contributed by atoms with E-state index in [0.29, 0.717) is 25.4 Å². The zero-order chi connectivity index (χ0) is 14.5. The lowest BCUT2D eigenvalue weighted by Crippen LogP contribution is -2.54. The molecule has 2 rings (SSSR count). The summed E-state index contributed by atoms with van der Waals surface area (Å²) in [5.41, 5.74) is 0. The molecule has 2 saturated heterocycles. The van der Waals surface area contributed by atoms with Crippen LogP contribution in [-0.4, -0.2) is 53.8 Å². The number of ether oxygens (including phenoxy) is 1. The van der Waals surface area contributed by atoms with Crippen molar-refractivity contribution in [2.75, 3.05) is 19.7 Å². The average molecular weight is 284 g/mol. The summed E-state index contributed by atoms with van der Waals surface area (Å²) in [5, 5.41) is 12.1. The van der Waals surface area contributed by atoms with Crippen LogP contribution in [0.5, 0.6) is 0 Å². The zero-order valence-electron chi connectivity index (χ0n) is 12.0. The highest BCUT2D eigenvalue weighted by Crippen LogP contribution is 2.25. The maximum atomic E-state index is 12.2. The van der Waals surface area contributed by atoms with Gasteiger partial charge in [0.15, 0.2) is 0 Å². The third-order valence-electron chi connectivity index (χ3n) is 4.34. The Kier molecular flexibility index (Phi) is 5.23. The number of nitrogens with zero attached hydrogens (tertiary/aromatic N) is 1. The Bertz CT molecular complexity index is 355. The second-order valence-corrected chi connectivity index (χ2v) is 5.67. The molecule has 0 aliphatic carbocycles. The molecule has 0 bridgehead atoms. The standard InChI is InChI=1S/C14H24N2O4/c1-2-10-5-6-16(12(8-10)13(17)18)14(19)15-9-11-4-3-7-20-11/h10-12H,2-9H2,1H3,(H,15,19)(H,17,18). The van der Waals surface area contributed by atoms with Crippen molar-refractivity contribution in [3.63, 3.8) is 0 Å². The topological polar surface area (TPSA) is 78.9 Å². The number of urea groups is 1. The zero-order valence-corrected chi connectivity index (χ0v) is 12.0. The van der Waals surface area contributed by atoms with Gasteiger partial charge in [0.05, 0.1) is 6.10 Å². The van der Waals surface area contributed by atoms with Crippen LogP contribution in [0.2, 0.25) is 0 Å². The first-order valence-corrected chi connectivity index (χ1v) is 7.50. The van der Waals surface area contributed by atoms with E-state index >= 15 is 0 Å². The number of carboxylic acid groups (broad SMARTS) is 1. The fourth-order valence-corrected chi connectivity index (χ4v) is 2.99. The molecular weight excluding hydrogens is 260 g/mol. The molecule has 2 fully saturated rings. The molecule has 3 atom stereocenters. The van der Waals surface area contributed by atoms with Gasteiger partial charge in [-0.1, -0.05) is 13.3 Å². The smallest absolute Gasteiger partial charge is 0.326 e. The Labute approximate surface area is 119 Å². The average Bonchev–Trinajstić information content (AvgIpc) is 2.97. The summed E-state index contributed by atoms with van der Waals surface area (Å²) in [7, 11) is 0. The van der Waals surface area contributed by atoms with Crippen molar-refractivity contribution in [2.45, 2.75) is 51.2 Å². The minimum absolute atomic E-state index is 0.0791. The number of rotatable bonds is 4. The molecule has 2 amide bonds. The largest absolute Gasteiger partial charge is 0.480 e. The Morgan fingerprint density at radius 3 is 2.80 bits per heavy atom. The first kappa shape index (κ1) is 15.1. The molecule has 2 aliphatic rings. The Morgan fingerprint density at radius 1 is 1.40 bits per heavy atom. The third-order valence-corrected chi connectivity index (χ3v) is 4.34. The highest BCUT2D eigenvalue weighted by atomic mass is 16.5. The number of aliphatic carboxylic acids is 1. The van der Waals surface area contributed by atoms with Crippen LogP contribution >= 0.6 is 0 Å². The summed E-state index contributed by atoms with van der Waals surface area (Å²) in [6, 6.07) is -0.972. The van der Waals surface area contributed by atoms with Crippen LogP contribution in [0.4, 0.5) is 4.79 Å². The fraction of sp³-hybridized carbons (Fsp3) is 0.857. The molecule has 0 aromatic rings. The quantitative estimate of drug-likeness (QED) is 0.819. The van der Waals surface area contributed by atoms with Crippen molar-refractivity contribution in [2.24, 2.45) is 5.92 Å². The molecular formula is C14H24N2O4. The number of likely N-dealkylation sites (tertiary alicyclic amines) is 1. The molecule has 114 valence electrons. The predicted octanol–water partition coefficient (Wildman–Crippen LogP) is 1.45. The lowest BCUT2D eigenvalue weighted by molar-refractivity contribution is -0.144. The minimum atomic E-state index is -0.907. The van der Waals surface area contributed by atoms with Crippen molar-refractivity contribution >= 4 is 12.0 Å². The van der Waals surface area contributed by atoms with Crippen LogP contribution < -0.4 is 5.32 Å². The molecule has 0 spiro atoms. The van der Waals surface area contributed by atoms with Gasteiger partial charge in [0.2, 0.25) is 0 Å². The molecule has 2 aliphatic heterocycles. The van der Waals surface area contributed by atoms with E-state index in [-0.39, 0.29) is 12.1 Å². The normalized spacial score (nSPS) is 30.2. The van der Waals surface area contributed by atoms with Crippen molar-refractivity contribution in [1.82, 2.24) is 10.2 Å². The van der Waals surface area contributed by atoms with E-state index in [1.807, 2.05) is 0 Å². The van der Waals surface area contributed by atoms with Crippen LogP contribution in [0.15, 0.2) is 0 Å². The van der Waals surface area contributed by atoms with E-state index in [9.17, 15) is 14.7 Å². The third kappa shape index (κ3) is 3.62. The van der Waals surface area contributed by atoms with Crippen molar-refractivity contribution in [1.29, 1.82) is 0 Å². The van der Waals surface area contributed by atoms with Gasteiger partial charge in [0.25, 0.3) is 0 Å². The molecule has 0 aromatic heterocycles. The molecule has 0 aromatic carbocycles. The highest BCUT2D eigenvalue weighted by molar-refractivity contribution is 5.82. The first-order chi connectivity index (χ1) is 9.61.